The van der Waals surface area contributed by atoms with Gasteiger partial charge in [0, 0.05) is 0 Å². The number of hydrogen-bond donors (Lipinski definition) is 2. The second-order valence-electron chi connectivity index (χ2n) is 3.35. The van der Waals surface area contributed by atoms with Gasteiger partial charge in [-0.2, -0.15) is 0 Å². The van der Waals surface area contributed by atoms with Crippen molar-refractivity contribution in [1.82, 2.24) is 10.8 Å². The van der Waals surface area contributed by atoms with E-state index in [0.717, 1.165) is 0 Å². The van der Waals surface area contributed by atoms with E-state index in [0.29, 0.717) is 10.6 Å². The molecule has 17 heavy (non-hydrogen) atoms. The molecule has 2 amide bonds. The van der Waals surface area contributed by atoms with Crippen LogP contribution in [0.1, 0.15) is 17.3 Å². The van der Waals surface area contributed by atoms with Crippen molar-refractivity contribution in [2.24, 2.45) is 0 Å². The zero-order chi connectivity index (χ0) is 12.8. The van der Waals surface area contributed by atoms with Crippen LogP contribution in [0.4, 0.5) is 0 Å². The predicted molar refractivity (Wildman–Crippen MR) is 63.5 cm³/mol. The highest BCUT2D eigenvalue weighted by Crippen LogP contribution is 2.14. The number of halogens is 1. The number of hydrogen-bond acceptors (Lipinski definition) is 3. The highest BCUT2D eigenvalue weighted by molar-refractivity contribution is 6.33. The van der Waals surface area contributed by atoms with Gasteiger partial charge < -0.3 is 5.32 Å². The second-order valence-corrected chi connectivity index (χ2v) is 3.75. The highest BCUT2D eigenvalue weighted by Gasteiger charge is 2.17. The maximum absolute atomic E-state index is 11.8. The molecule has 0 fully saturated rings. The summed E-state index contributed by atoms with van der Waals surface area (Å²) in [5.41, 5.74) is 2.46. The molecule has 1 aromatic carbocycles. The minimum absolute atomic E-state index is 0.325. The summed E-state index contributed by atoms with van der Waals surface area (Å²) in [6, 6.07) is 5.90. The average molecular weight is 257 g/mol. The zero-order valence-corrected chi connectivity index (χ0v) is 10.2. The van der Waals surface area contributed by atoms with Gasteiger partial charge in [0.1, 0.15) is 6.04 Å². The van der Waals surface area contributed by atoms with E-state index in [9.17, 15) is 9.59 Å². The SMILES string of the molecule is CONC(=O)C(C)NC(=O)c1ccccc1Cl. The van der Waals surface area contributed by atoms with Crippen LogP contribution in [0, 0.1) is 0 Å². The first-order valence-corrected chi connectivity index (χ1v) is 5.32. The molecule has 0 aliphatic heterocycles. The summed E-state index contributed by atoms with van der Waals surface area (Å²) >= 11 is 5.86. The van der Waals surface area contributed by atoms with Crippen LogP contribution in [-0.2, 0) is 9.63 Å². The molecule has 1 unspecified atom stereocenters. The molecule has 0 saturated heterocycles. The van der Waals surface area contributed by atoms with Crippen LogP contribution < -0.4 is 10.8 Å². The maximum Gasteiger partial charge on any atom is 0.265 e. The van der Waals surface area contributed by atoms with Crippen LogP contribution >= 0.6 is 11.6 Å². The van der Waals surface area contributed by atoms with Crippen molar-refractivity contribution in [3.8, 4) is 0 Å². The Bertz CT molecular complexity index is 423. The summed E-state index contributed by atoms with van der Waals surface area (Å²) in [6.07, 6.45) is 0. The van der Waals surface area contributed by atoms with Crippen molar-refractivity contribution in [2.75, 3.05) is 7.11 Å². The summed E-state index contributed by atoms with van der Waals surface area (Å²) in [5.74, 6) is -0.845. The van der Waals surface area contributed by atoms with Crippen molar-refractivity contribution >= 4 is 23.4 Å². The second kappa shape index (κ2) is 6.22. The molecule has 1 rings (SSSR count). The van der Waals surface area contributed by atoms with E-state index in [-0.39, 0.29) is 0 Å². The normalized spacial score (nSPS) is 11.7. The Kier molecular flexibility index (Phi) is 4.93. The van der Waals surface area contributed by atoms with Crippen LogP contribution in [-0.4, -0.2) is 25.0 Å². The molecule has 1 atom stereocenters. The Labute approximate surface area is 104 Å². The van der Waals surface area contributed by atoms with E-state index in [1.165, 1.54) is 7.11 Å². The smallest absolute Gasteiger partial charge is 0.265 e. The first kappa shape index (κ1) is 13.5. The topological polar surface area (TPSA) is 67.4 Å². The summed E-state index contributed by atoms with van der Waals surface area (Å²) in [5, 5.41) is 2.84. The Morgan fingerprint density at radius 2 is 2.00 bits per heavy atom. The van der Waals surface area contributed by atoms with E-state index in [1.807, 2.05) is 0 Å². The Balaban J connectivity index is 2.67. The molecule has 0 aliphatic rings. The van der Waals surface area contributed by atoms with Gasteiger partial charge in [0.15, 0.2) is 0 Å². The number of hydroxylamine groups is 1. The monoisotopic (exact) mass is 256 g/mol. The summed E-state index contributed by atoms with van der Waals surface area (Å²) in [4.78, 5) is 27.5. The fourth-order valence-corrected chi connectivity index (χ4v) is 1.40. The van der Waals surface area contributed by atoms with Crippen LogP contribution in [0.15, 0.2) is 24.3 Å². The standard InChI is InChI=1S/C11H13ClN2O3/c1-7(10(15)14-17-2)13-11(16)8-5-3-4-6-9(8)12/h3-7H,1-2H3,(H,13,16)(H,14,15). The van der Waals surface area contributed by atoms with Crippen molar-refractivity contribution < 1.29 is 14.4 Å². The minimum Gasteiger partial charge on any atom is -0.340 e. The minimum atomic E-state index is -0.710. The van der Waals surface area contributed by atoms with Crippen molar-refractivity contribution in [2.45, 2.75) is 13.0 Å². The summed E-state index contributed by atoms with van der Waals surface area (Å²) < 4.78 is 0. The molecule has 0 radical (unpaired) electrons. The number of amides is 2. The number of benzene rings is 1. The molecule has 92 valence electrons. The lowest BCUT2D eigenvalue weighted by Crippen LogP contribution is -2.44. The highest BCUT2D eigenvalue weighted by atomic mass is 35.5. The average Bonchev–Trinajstić information content (AvgIpc) is 2.29. The molecule has 0 heterocycles. The molecule has 0 bridgehead atoms. The molecule has 1 aromatic rings. The quantitative estimate of drug-likeness (QED) is 0.794. The van der Waals surface area contributed by atoms with E-state index in [4.69, 9.17) is 11.6 Å². The van der Waals surface area contributed by atoms with Crippen molar-refractivity contribution in [1.29, 1.82) is 0 Å². The fraction of sp³-hybridized carbons (Fsp3) is 0.273. The van der Waals surface area contributed by atoms with Crippen LogP contribution in [0.5, 0.6) is 0 Å². The molecular weight excluding hydrogens is 244 g/mol. The number of rotatable bonds is 4. The van der Waals surface area contributed by atoms with E-state index >= 15 is 0 Å². The Hall–Kier alpha value is -1.59. The lowest BCUT2D eigenvalue weighted by molar-refractivity contribution is -0.132. The van der Waals surface area contributed by atoms with Gasteiger partial charge >= 0.3 is 0 Å². The molecule has 0 aromatic heterocycles. The first-order chi connectivity index (χ1) is 8.06. The largest absolute Gasteiger partial charge is 0.340 e. The van der Waals surface area contributed by atoms with Gasteiger partial charge in [-0.05, 0) is 19.1 Å². The van der Waals surface area contributed by atoms with Crippen molar-refractivity contribution in [3.05, 3.63) is 34.9 Å². The lowest BCUT2D eigenvalue weighted by Gasteiger charge is -2.13. The molecule has 6 heteroatoms. The third-order valence-electron chi connectivity index (χ3n) is 2.06. The molecule has 5 nitrogen and oxygen atoms in total. The van der Waals surface area contributed by atoms with Gasteiger partial charge in [-0.25, -0.2) is 5.48 Å². The summed E-state index contributed by atoms with van der Waals surface area (Å²) in [7, 11) is 1.32. The predicted octanol–water partition coefficient (Wildman–Crippen LogP) is 1.14. The van der Waals surface area contributed by atoms with E-state index in [1.54, 1.807) is 31.2 Å². The van der Waals surface area contributed by atoms with Gasteiger partial charge in [-0.15, -0.1) is 0 Å². The Morgan fingerprint density at radius 1 is 1.35 bits per heavy atom. The number of nitrogens with one attached hydrogen (secondary N) is 2. The fourth-order valence-electron chi connectivity index (χ4n) is 1.17. The number of carbonyl (C=O) groups excluding carboxylic acids is 2. The van der Waals surface area contributed by atoms with E-state index < -0.39 is 17.9 Å². The van der Waals surface area contributed by atoms with E-state index in [2.05, 4.69) is 15.6 Å². The molecule has 0 saturated carbocycles. The van der Waals surface area contributed by atoms with Crippen LogP contribution in [0.2, 0.25) is 5.02 Å². The molecular formula is C11H13ClN2O3. The van der Waals surface area contributed by atoms with Gasteiger partial charge in [0.05, 0.1) is 17.7 Å². The van der Waals surface area contributed by atoms with Crippen molar-refractivity contribution in [3.63, 3.8) is 0 Å². The van der Waals surface area contributed by atoms with Gasteiger partial charge in [-0.1, -0.05) is 23.7 Å². The number of carbonyl (C=O) groups is 2. The van der Waals surface area contributed by atoms with Crippen LogP contribution in [0.25, 0.3) is 0 Å². The zero-order valence-electron chi connectivity index (χ0n) is 9.49. The molecule has 0 spiro atoms. The van der Waals surface area contributed by atoms with Gasteiger partial charge in [-0.3, -0.25) is 14.4 Å². The third-order valence-corrected chi connectivity index (χ3v) is 2.39. The third kappa shape index (κ3) is 3.72. The van der Waals surface area contributed by atoms with Crippen LogP contribution in [0.3, 0.4) is 0 Å². The summed E-state index contributed by atoms with van der Waals surface area (Å²) in [6.45, 7) is 1.54. The van der Waals surface area contributed by atoms with Gasteiger partial charge in [0.2, 0.25) is 0 Å². The maximum atomic E-state index is 11.8. The first-order valence-electron chi connectivity index (χ1n) is 4.94. The van der Waals surface area contributed by atoms with Gasteiger partial charge in [0.25, 0.3) is 11.8 Å². The molecule has 0 aliphatic carbocycles. The lowest BCUT2D eigenvalue weighted by atomic mass is 10.2. The molecule has 2 N–H and O–H groups in total. The Morgan fingerprint density at radius 3 is 2.59 bits per heavy atom.